The molecule has 1 saturated carbocycles. The third-order valence-electron chi connectivity index (χ3n) is 3.28. The van der Waals surface area contributed by atoms with E-state index < -0.39 is 0 Å². The van der Waals surface area contributed by atoms with Crippen LogP contribution in [0.15, 0.2) is 0 Å². The second kappa shape index (κ2) is 5.94. The molecule has 1 aliphatic carbocycles. The van der Waals surface area contributed by atoms with Crippen LogP contribution in [0.5, 0.6) is 0 Å². The van der Waals surface area contributed by atoms with Crippen molar-refractivity contribution in [3.63, 3.8) is 0 Å². The lowest BCUT2D eigenvalue weighted by atomic mass is 9.88. The smallest absolute Gasteiger partial charge is 0.0667 e. The second-order valence-corrected chi connectivity index (χ2v) is 4.79. The molecule has 84 valence electrons. The molecule has 2 nitrogen and oxygen atoms in total. The van der Waals surface area contributed by atoms with Gasteiger partial charge in [-0.15, -0.1) is 11.6 Å². The van der Waals surface area contributed by atoms with Crippen LogP contribution in [0, 0.1) is 5.41 Å². The number of halogens is 1. The summed E-state index contributed by atoms with van der Waals surface area (Å²) >= 11 is 6.04. The Balaban J connectivity index is 2.21. The maximum Gasteiger partial charge on any atom is 0.0667 e. The maximum absolute atomic E-state index is 6.04. The summed E-state index contributed by atoms with van der Waals surface area (Å²) in [5, 5.41) is 3.46. The van der Waals surface area contributed by atoms with Gasteiger partial charge in [-0.3, -0.25) is 0 Å². The zero-order valence-corrected chi connectivity index (χ0v) is 10.1. The largest absolute Gasteiger partial charge is 0.380 e. The first kappa shape index (κ1) is 12.3. The number of methoxy groups -OCH3 is 1. The molecule has 0 saturated heterocycles. The minimum absolute atomic E-state index is 0.295. The molecule has 1 unspecified atom stereocenters. The lowest BCUT2D eigenvalue weighted by Gasteiger charge is -2.27. The molecular formula is C11H22ClNO. The highest BCUT2D eigenvalue weighted by Gasteiger charge is 2.32. The van der Waals surface area contributed by atoms with Gasteiger partial charge in [-0.2, -0.15) is 0 Å². The number of hydrogen-bond donors (Lipinski definition) is 1. The highest BCUT2D eigenvalue weighted by atomic mass is 35.5. The number of ether oxygens (including phenoxy) is 1. The summed E-state index contributed by atoms with van der Waals surface area (Å²) in [6, 6.07) is 0. The fourth-order valence-electron chi connectivity index (χ4n) is 2.11. The summed E-state index contributed by atoms with van der Waals surface area (Å²) in [6.45, 7) is 4.05. The van der Waals surface area contributed by atoms with Gasteiger partial charge in [0.2, 0.25) is 0 Å². The van der Waals surface area contributed by atoms with Gasteiger partial charge in [0.05, 0.1) is 6.10 Å². The normalized spacial score (nSPS) is 22.5. The van der Waals surface area contributed by atoms with Crippen LogP contribution in [0.1, 0.15) is 32.6 Å². The molecule has 0 aromatic heterocycles. The molecule has 0 aliphatic heterocycles. The number of hydrogen-bond acceptors (Lipinski definition) is 2. The van der Waals surface area contributed by atoms with Gasteiger partial charge in [0.1, 0.15) is 0 Å². The van der Waals surface area contributed by atoms with E-state index in [2.05, 4.69) is 12.2 Å². The Labute approximate surface area is 92.3 Å². The Morgan fingerprint density at radius 1 is 1.43 bits per heavy atom. The average molecular weight is 220 g/mol. The van der Waals surface area contributed by atoms with Crippen LogP contribution in [-0.2, 0) is 4.74 Å². The maximum atomic E-state index is 6.04. The van der Waals surface area contributed by atoms with Crippen molar-refractivity contribution in [2.45, 2.75) is 38.7 Å². The minimum atomic E-state index is 0.295. The van der Waals surface area contributed by atoms with E-state index in [9.17, 15) is 0 Å². The van der Waals surface area contributed by atoms with Crippen molar-refractivity contribution in [3.05, 3.63) is 0 Å². The summed E-state index contributed by atoms with van der Waals surface area (Å²) in [4.78, 5) is 0. The summed E-state index contributed by atoms with van der Waals surface area (Å²) in [7, 11) is 1.75. The van der Waals surface area contributed by atoms with E-state index in [0.29, 0.717) is 11.5 Å². The lowest BCUT2D eigenvalue weighted by Crippen LogP contribution is -2.37. The first-order valence-corrected chi connectivity index (χ1v) is 6.05. The fourth-order valence-corrected chi connectivity index (χ4v) is 2.47. The molecule has 1 aliphatic rings. The van der Waals surface area contributed by atoms with Crippen LogP contribution in [0.4, 0.5) is 0 Å². The SMILES string of the molecule is COC(C)CNCC1(CCl)CCCC1. The van der Waals surface area contributed by atoms with Crippen LogP contribution >= 0.6 is 11.6 Å². The molecule has 3 heteroatoms. The number of alkyl halides is 1. The molecule has 1 atom stereocenters. The third kappa shape index (κ3) is 3.41. The van der Waals surface area contributed by atoms with Gasteiger partial charge >= 0.3 is 0 Å². The molecule has 0 aromatic rings. The van der Waals surface area contributed by atoms with E-state index in [1.807, 2.05) is 0 Å². The van der Waals surface area contributed by atoms with Crippen molar-refractivity contribution in [2.24, 2.45) is 5.41 Å². The minimum Gasteiger partial charge on any atom is -0.380 e. The molecule has 1 rings (SSSR count). The topological polar surface area (TPSA) is 21.3 Å². The first-order valence-electron chi connectivity index (χ1n) is 5.52. The van der Waals surface area contributed by atoms with Crippen molar-refractivity contribution in [1.29, 1.82) is 0 Å². The molecule has 1 N–H and O–H groups in total. The Morgan fingerprint density at radius 3 is 2.57 bits per heavy atom. The first-order chi connectivity index (χ1) is 6.72. The van der Waals surface area contributed by atoms with Gasteiger partial charge in [0.15, 0.2) is 0 Å². The second-order valence-electron chi connectivity index (χ2n) is 4.52. The molecule has 0 bridgehead atoms. The molecular weight excluding hydrogens is 198 g/mol. The van der Waals surface area contributed by atoms with Gasteiger partial charge in [-0.1, -0.05) is 12.8 Å². The number of nitrogens with one attached hydrogen (secondary N) is 1. The quantitative estimate of drug-likeness (QED) is 0.693. The van der Waals surface area contributed by atoms with E-state index in [0.717, 1.165) is 19.0 Å². The fraction of sp³-hybridized carbons (Fsp3) is 1.00. The van der Waals surface area contributed by atoms with Gasteiger partial charge in [0.25, 0.3) is 0 Å². The Kier molecular flexibility index (Phi) is 5.21. The summed E-state index contributed by atoms with van der Waals surface area (Å²) in [5.41, 5.74) is 0.370. The van der Waals surface area contributed by atoms with E-state index in [1.165, 1.54) is 25.7 Å². The predicted molar refractivity (Wildman–Crippen MR) is 61.0 cm³/mol. The standard InChI is InChI=1S/C11H22ClNO/c1-10(14-2)7-13-9-11(8-12)5-3-4-6-11/h10,13H,3-9H2,1-2H3. The summed E-state index contributed by atoms with van der Waals surface area (Å²) < 4.78 is 5.19. The van der Waals surface area contributed by atoms with Gasteiger partial charge in [0, 0.05) is 26.1 Å². The summed E-state index contributed by atoms with van der Waals surface area (Å²) in [6.07, 6.45) is 5.54. The lowest BCUT2D eigenvalue weighted by molar-refractivity contribution is 0.114. The Bertz CT molecular complexity index is 157. The molecule has 0 heterocycles. The van der Waals surface area contributed by atoms with Crippen LogP contribution in [0.2, 0.25) is 0 Å². The highest BCUT2D eigenvalue weighted by molar-refractivity contribution is 6.18. The van der Waals surface area contributed by atoms with Crippen molar-refractivity contribution < 1.29 is 4.74 Å². The van der Waals surface area contributed by atoms with Crippen LogP contribution in [0.25, 0.3) is 0 Å². The predicted octanol–water partition coefficient (Wildman–Crippen LogP) is 2.41. The Morgan fingerprint density at radius 2 is 2.07 bits per heavy atom. The number of rotatable bonds is 6. The summed E-state index contributed by atoms with van der Waals surface area (Å²) in [5.74, 6) is 0.793. The molecule has 0 radical (unpaired) electrons. The van der Waals surface area contributed by atoms with Gasteiger partial charge < -0.3 is 10.1 Å². The van der Waals surface area contributed by atoms with Crippen molar-refractivity contribution in [3.8, 4) is 0 Å². The highest BCUT2D eigenvalue weighted by Crippen LogP contribution is 2.38. The molecule has 14 heavy (non-hydrogen) atoms. The van der Waals surface area contributed by atoms with Crippen molar-refractivity contribution >= 4 is 11.6 Å². The van der Waals surface area contributed by atoms with Crippen molar-refractivity contribution in [2.75, 3.05) is 26.1 Å². The Hall–Kier alpha value is 0.210. The molecule has 1 fully saturated rings. The van der Waals surface area contributed by atoms with Crippen LogP contribution in [-0.4, -0.2) is 32.2 Å². The average Bonchev–Trinajstić information content (AvgIpc) is 2.67. The molecule has 0 amide bonds. The zero-order chi connectivity index (χ0) is 10.4. The molecule has 0 spiro atoms. The van der Waals surface area contributed by atoms with E-state index in [-0.39, 0.29) is 0 Å². The van der Waals surface area contributed by atoms with E-state index >= 15 is 0 Å². The van der Waals surface area contributed by atoms with Gasteiger partial charge in [-0.05, 0) is 25.2 Å². The van der Waals surface area contributed by atoms with Crippen LogP contribution < -0.4 is 5.32 Å². The monoisotopic (exact) mass is 219 g/mol. The van der Waals surface area contributed by atoms with E-state index in [4.69, 9.17) is 16.3 Å². The van der Waals surface area contributed by atoms with Gasteiger partial charge in [-0.25, -0.2) is 0 Å². The third-order valence-corrected chi connectivity index (χ3v) is 3.85. The molecule has 0 aromatic carbocycles. The van der Waals surface area contributed by atoms with Crippen molar-refractivity contribution in [1.82, 2.24) is 5.32 Å². The van der Waals surface area contributed by atoms with E-state index in [1.54, 1.807) is 7.11 Å². The zero-order valence-electron chi connectivity index (χ0n) is 9.31. The van der Waals surface area contributed by atoms with Crippen LogP contribution in [0.3, 0.4) is 0 Å².